The molecule has 52 heavy (non-hydrogen) atoms. The number of rotatable bonds is 12. The molecule has 2 heterocycles. The summed E-state index contributed by atoms with van der Waals surface area (Å²) in [5.41, 5.74) is 5.70. The van der Waals surface area contributed by atoms with Crippen LogP contribution in [0.4, 0.5) is 34.6 Å². The van der Waals surface area contributed by atoms with Crippen molar-refractivity contribution < 1.29 is 25.9 Å². The summed E-state index contributed by atoms with van der Waals surface area (Å²) < 4.78 is 71.1. The van der Waals surface area contributed by atoms with Crippen molar-refractivity contribution in [3.63, 3.8) is 0 Å². The van der Waals surface area contributed by atoms with Crippen LogP contribution >= 0.6 is 0 Å². The van der Waals surface area contributed by atoms with Crippen LogP contribution in [0.3, 0.4) is 0 Å². The Hall–Kier alpha value is -6.74. The van der Waals surface area contributed by atoms with Crippen molar-refractivity contribution in [1.29, 1.82) is 0 Å². The van der Waals surface area contributed by atoms with E-state index in [4.69, 9.17) is 0 Å². The zero-order valence-corrected chi connectivity index (χ0v) is 28.0. The topological polar surface area (TPSA) is 257 Å². The van der Waals surface area contributed by atoms with E-state index >= 15 is 0 Å². The van der Waals surface area contributed by atoms with Crippen LogP contribution in [0.1, 0.15) is 11.1 Å². The van der Waals surface area contributed by atoms with Crippen molar-refractivity contribution in [3.8, 4) is 0 Å². The predicted molar refractivity (Wildman–Crippen MR) is 191 cm³/mol. The molecule has 0 atom stereocenters. The van der Waals surface area contributed by atoms with Crippen molar-refractivity contribution >= 4 is 67.0 Å². The van der Waals surface area contributed by atoms with Gasteiger partial charge in [-0.25, -0.2) is 29.6 Å². The average Bonchev–Trinajstić information content (AvgIpc) is 3.12. The first-order valence-corrected chi connectivity index (χ1v) is 17.7. The van der Waals surface area contributed by atoms with Crippen LogP contribution < -0.4 is 32.2 Å². The number of para-hydroxylation sites is 2. The third kappa shape index (κ3) is 8.34. The molecule has 4 aromatic carbocycles. The highest BCUT2D eigenvalue weighted by atomic mass is 32.2. The Bertz CT molecular complexity index is 2420. The van der Waals surface area contributed by atoms with Crippen LogP contribution in [0.2, 0.25) is 0 Å². The summed E-state index contributed by atoms with van der Waals surface area (Å²) >= 11 is 0. The molecule has 0 bridgehead atoms. The molecular formula is C32H26N10O8S2. The molecule has 0 spiro atoms. The fourth-order valence-corrected chi connectivity index (χ4v) is 6.22. The highest BCUT2D eigenvalue weighted by Crippen LogP contribution is 2.31. The van der Waals surface area contributed by atoms with E-state index in [0.29, 0.717) is 11.4 Å². The van der Waals surface area contributed by atoms with Gasteiger partial charge >= 0.3 is 11.4 Å². The minimum atomic E-state index is -4.91. The standard InChI is InChI=1S/C32H26N10O8S2/c43-31-35-19-33-29(37-31)41(39-23-7-3-1-4-8-23)25-15-13-21(27(17-25)51(45,46)47)11-12-22-14-16-26(18-28(22)52(48,49)50)42(30-34-20-36-32(44)38-30)40-24-9-5-2-6-10-24/h1-20,39-40H,(H,45,46,47)(H,48,49,50)(H,33,35,37,43)(H,34,36,38,44). The number of nitrogens with zero attached hydrogens (tertiary/aromatic N) is 6. The largest absolute Gasteiger partial charge is 0.349 e. The summed E-state index contributed by atoms with van der Waals surface area (Å²) in [5.74, 6) is -0.124. The first-order chi connectivity index (χ1) is 24.8. The third-order valence-corrected chi connectivity index (χ3v) is 8.93. The molecule has 0 saturated heterocycles. The van der Waals surface area contributed by atoms with E-state index in [2.05, 4.69) is 40.8 Å². The Morgan fingerprint density at radius 3 is 1.29 bits per heavy atom. The van der Waals surface area contributed by atoms with Crippen LogP contribution in [0.15, 0.2) is 129 Å². The molecule has 264 valence electrons. The van der Waals surface area contributed by atoms with Gasteiger partial charge < -0.3 is 0 Å². The number of benzene rings is 4. The number of hydrazine groups is 2. The molecule has 18 nitrogen and oxygen atoms in total. The minimum Gasteiger partial charge on any atom is -0.291 e. The van der Waals surface area contributed by atoms with Crippen LogP contribution in [0.25, 0.3) is 12.2 Å². The Kier molecular flexibility index (Phi) is 9.87. The third-order valence-electron chi connectivity index (χ3n) is 7.11. The zero-order chi connectivity index (χ0) is 36.9. The Labute approximate surface area is 294 Å². The second-order valence-electron chi connectivity index (χ2n) is 10.6. The average molecular weight is 743 g/mol. The van der Waals surface area contributed by atoms with Gasteiger partial charge in [0.05, 0.1) is 22.7 Å². The molecule has 0 fully saturated rings. The molecule has 0 amide bonds. The minimum absolute atomic E-state index is 0.0619. The number of hydrogen-bond acceptors (Lipinski definition) is 14. The van der Waals surface area contributed by atoms with Gasteiger partial charge in [-0.1, -0.05) is 60.7 Å². The van der Waals surface area contributed by atoms with E-state index in [-0.39, 0.29) is 34.4 Å². The fraction of sp³-hybridized carbons (Fsp3) is 0. The molecule has 0 aliphatic rings. The number of H-pyrrole nitrogens is 2. The number of nitrogens with one attached hydrogen (secondary N) is 4. The summed E-state index contributed by atoms with van der Waals surface area (Å²) in [6, 6.07) is 25.1. The SMILES string of the molecule is O=c1ncnc(N(Nc2ccccc2)c2ccc(C=Cc3ccc(N(Nc4ccccc4)c4ncnc(=O)[nH]4)cc3S(=O)(=O)O)c(S(=O)(=O)O)c2)[nH]1. The van der Waals surface area contributed by atoms with Crippen LogP contribution in [0, 0.1) is 0 Å². The lowest BCUT2D eigenvalue weighted by molar-refractivity contribution is 0.480. The van der Waals surface area contributed by atoms with Crippen molar-refractivity contribution in [2.75, 3.05) is 20.9 Å². The van der Waals surface area contributed by atoms with E-state index < -0.39 is 41.4 Å². The fourth-order valence-electron chi connectivity index (χ4n) is 4.81. The zero-order valence-electron chi connectivity index (χ0n) is 26.4. The van der Waals surface area contributed by atoms with Gasteiger partial charge in [-0.15, -0.1) is 0 Å². The van der Waals surface area contributed by atoms with Gasteiger partial charge in [-0.3, -0.25) is 29.9 Å². The molecule has 6 N–H and O–H groups in total. The quantitative estimate of drug-likeness (QED) is 0.0594. The van der Waals surface area contributed by atoms with E-state index in [0.717, 1.165) is 24.8 Å². The number of aromatic nitrogens is 6. The molecule has 0 aliphatic carbocycles. The van der Waals surface area contributed by atoms with Crippen molar-refractivity contribution in [1.82, 2.24) is 29.9 Å². The maximum atomic E-state index is 12.7. The van der Waals surface area contributed by atoms with Gasteiger partial charge in [0.25, 0.3) is 20.2 Å². The Morgan fingerprint density at radius 2 is 0.942 bits per heavy atom. The van der Waals surface area contributed by atoms with Gasteiger partial charge in [-0.05, 0) is 59.7 Å². The van der Waals surface area contributed by atoms with Crippen molar-refractivity contribution in [2.24, 2.45) is 0 Å². The molecule has 6 rings (SSSR count). The van der Waals surface area contributed by atoms with E-state index in [9.17, 15) is 35.5 Å². The summed E-state index contributed by atoms with van der Waals surface area (Å²) in [6.45, 7) is 0. The molecule has 6 aromatic rings. The highest BCUT2D eigenvalue weighted by Gasteiger charge is 2.22. The predicted octanol–water partition coefficient (Wildman–Crippen LogP) is 3.64. The van der Waals surface area contributed by atoms with Crippen LogP contribution in [-0.4, -0.2) is 55.8 Å². The van der Waals surface area contributed by atoms with E-state index in [1.165, 1.54) is 46.4 Å². The Morgan fingerprint density at radius 1 is 0.558 bits per heavy atom. The lowest BCUT2D eigenvalue weighted by atomic mass is 10.1. The normalized spacial score (nSPS) is 11.7. The number of hydrogen-bond donors (Lipinski definition) is 6. The van der Waals surface area contributed by atoms with Gasteiger partial charge in [0.1, 0.15) is 22.4 Å². The van der Waals surface area contributed by atoms with Crippen LogP contribution in [0.5, 0.6) is 0 Å². The monoisotopic (exact) mass is 742 g/mol. The summed E-state index contributed by atoms with van der Waals surface area (Å²) in [5, 5.41) is 2.52. The molecule has 0 radical (unpaired) electrons. The van der Waals surface area contributed by atoms with Crippen LogP contribution in [-0.2, 0) is 20.2 Å². The van der Waals surface area contributed by atoms with Crippen molar-refractivity contribution in [3.05, 3.63) is 142 Å². The molecule has 0 aliphatic heterocycles. The summed E-state index contributed by atoms with van der Waals surface area (Å²) in [7, 11) is -9.82. The second-order valence-corrected chi connectivity index (χ2v) is 13.4. The molecule has 2 aromatic heterocycles. The maximum absolute atomic E-state index is 12.7. The second kappa shape index (κ2) is 14.6. The molecular weight excluding hydrogens is 717 g/mol. The maximum Gasteiger partial charge on any atom is 0.349 e. The summed E-state index contributed by atoms with van der Waals surface area (Å²) in [4.78, 5) is 42.9. The molecule has 20 heteroatoms. The highest BCUT2D eigenvalue weighted by molar-refractivity contribution is 7.86. The molecule has 0 saturated carbocycles. The number of aromatic amines is 2. The van der Waals surface area contributed by atoms with E-state index in [1.54, 1.807) is 60.7 Å². The van der Waals surface area contributed by atoms with Crippen molar-refractivity contribution in [2.45, 2.75) is 9.79 Å². The summed E-state index contributed by atoms with van der Waals surface area (Å²) in [6.07, 6.45) is 4.47. The first-order valence-electron chi connectivity index (χ1n) is 14.8. The van der Waals surface area contributed by atoms with Gasteiger partial charge in [-0.2, -0.15) is 26.8 Å². The smallest absolute Gasteiger partial charge is 0.291 e. The lowest BCUT2D eigenvalue weighted by Gasteiger charge is -2.25. The number of anilines is 6. The van der Waals surface area contributed by atoms with Gasteiger partial charge in [0, 0.05) is 0 Å². The Balaban J connectivity index is 1.41. The molecule has 0 unspecified atom stereocenters. The first kappa shape index (κ1) is 35.1. The van der Waals surface area contributed by atoms with E-state index in [1.807, 2.05) is 0 Å². The van der Waals surface area contributed by atoms with Gasteiger partial charge in [0.2, 0.25) is 11.9 Å². The van der Waals surface area contributed by atoms with Gasteiger partial charge in [0.15, 0.2) is 0 Å². The lowest BCUT2D eigenvalue weighted by Crippen LogP contribution is -2.29.